The molecule has 1 aromatic carbocycles. The smallest absolute Gasteiger partial charge is 0.0749 e. The van der Waals surface area contributed by atoms with Crippen LogP contribution in [0.5, 0.6) is 0 Å². The average molecular weight is 186 g/mol. The second kappa shape index (κ2) is 3.71. The first-order valence-electron chi connectivity index (χ1n) is 5.12. The lowest BCUT2D eigenvalue weighted by molar-refractivity contribution is 0.749. The van der Waals surface area contributed by atoms with Crippen LogP contribution in [0.15, 0.2) is 18.2 Å². The van der Waals surface area contributed by atoms with Gasteiger partial charge in [0, 0.05) is 12.2 Å². The van der Waals surface area contributed by atoms with E-state index < -0.39 is 0 Å². The standard InChI is InChI=1S/C12H14N2/c1-2-9-4-3-5-11-10(8-13)6-7-14-12(9)11/h3-5,10,14H,2,6-7H2,1H3. The van der Waals surface area contributed by atoms with E-state index in [-0.39, 0.29) is 5.92 Å². The zero-order valence-electron chi connectivity index (χ0n) is 8.38. The number of nitriles is 1. The molecule has 0 bridgehead atoms. The minimum atomic E-state index is 0.0812. The van der Waals surface area contributed by atoms with Crippen LogP contribution in [-0.2, 0) is 6.42 Å². The summed E-state index contributed by atoms with van der Waals surface area (Å²) in [5.41, 5.74) is 3.70. The van der Waals surface area contributed by atoms with Crippen molar-refractivity contribution in [2.75, 3.05) is 11.9 Å². The Morgan fingerprint density at radius 2 is 2.43 bits per heavy atom. The van der Waals surface area contributed by atoms with Gasteiger partial charge in [-0.1, -0.05) is 25.1 Å². The molecule has 2 rings (SSSR count). The zero-order chi connectivity index (χ0) is 9.97. The molecule has 1 aliphatic heterocycles. The SMILES string of the molecule is CCc1cccc2c1NCCC2C#N. The van der Waals surface area contributed by atoms with Gasteiger partial charge >= 0.3 is 0 Å². The highest BCUT2D eigenvalue weighted by molar-refractivity contribution is 5.61. The van der Waals surface area contributed by atoms with E-state index in [1.165, 1.54) is 16.8 Å². The van der Waals surface area contributed by atoms with Crippen LogP contribution in [0, 0.1) is 11.3 Å². The summed E-state index contributed by atoms with van der Waals surface area (Å²) >= 11 is 0. The van der Waals surface area contributed by atoms with Gasteiger partial charge in [0.2, 0.25) is 0 Å². The summed E-state index contributed by atoms with van der Waals surface area (Å²) < 4.78 is 0. The number of nitrogens with zero attached hydrogens (tertiary/aromatic N) is 1. The van der Waals surface area contributed by atoms with Crippen molar-refractivity contribution in [3.8, 4) is 6.07 Å². The molecule has 0 aliphatic carbocycles. The minimum absolute atomic E-state index is 0.0812. The summed E-state index contributed by atoms with van der Waals surface area (Å²) in [6, 6.07) is 8.62. The Hall–Kier alpha value is -1.49. The third kappa shape index (κ3) is 1.35. The van der Waals surface area contributed by atoms with Crippen LogP contribution in [0.4, 0.5) is 5.69 Å². The van der Waals surface area contributed by atoms with E-state index in [2.05, 4.69) is 36.5 Å². The van der Waals surface area contributed by atoms with E-state index in [4.69, 9.17) is 5.26 Å². The molecule has 1 heterocycles. The number of aryl methyl sites for hydroxylation is 1. The van der Waals surface area contributed by atoms with E-state index in [0.717, 1.165) is 19.4 Å². The van der Waals surface area contributed by atoms with Crippen molar-refractivity contribution >= 4 is 5.69 Å². The number of para-hydroxylation sites is 1. The van der Waals surface area contributed by atoms with Gasteiger partial charge in [0.05, 0.1) is 12.0 Å². The Bertz CT molecular complexity index is 376. The number of rotatable bonds is 1. The Labute approximate surface area is 84.6 Å². The maximum absolute atomic E-state index is 9.02. The summed E-state index contributed by atoms with van der Waals surface area (Å²) in [7, 11) is 0. The number of hydrogen-bond donors (Lipinski definition) is 1. The Kier molecular flexibility index (Phi) is 2.41. The van der Waals surface area contributed by atoms with E-state index in [1.54, 1.807) is 0 Å². The molecule has 0 fully saturated rings. The van der Waals surface area contributed by atoms with Crippen molar-refractivity contribution in [3.63, 3.8) is 0 Å². The molecule has 1 aliphatic rings. The highest BCUT2D eigenvalue weighted by Crippen LogP contribution is 2.33. The maximum atomic E-state index is 9.02. The second-order valence-corrected chi connectivity index (χ2v) is 3.63. The first-order valence-corrected chi connectivity index (χ1v) is 5.12. The normalized spacial score (nSPS) is 19.3. The number of nitrogens with one attached hydrogen (secondary N) is 1. The first kappa shape index (κ1) is 9.08. The molecule has 0 saturated carbocycles. The fraction of sp³-hybridized carbons (Fsp3) is 0.417. The van der Waals surface area contributed by atoms with Crippen LogP contribution < -0.4 is 5.32 Å². The van der Waals surface area contributed by atoms with Crippen LogP contribution in [0.25, 0.3) is 0 Å². The predicted octanol–water partition coefficient (Wildman–Crippen LogP) is 2.67. The monoisotopic (exact) mass is 186 g/mol. The molecule has 14 heavy (non-hydrogen) atoms. The van der Waals surface area contributed by atoms with Gasteiger partial charge in [0.15, 0.2) is 0 Å². The van der Waals surface area contributed by atoms with Gasteiger partial charge < -0.3 is 5.32 Å². The molecule has 1 aromatic rings. The van der Waals surface area contributed by atoms with E-state index in [1.807, 2.05) is 0 Å². The molecule has 1 unspecified atom stereocenters. The number of benzene rings is 1. The molecular weight excluding hydrogens is 172 g/mol. The molecule has 0 amide bonds. The highest BCUT2D eigenvalue weighted by atomic mass is 14.9. The van der Waals surface area contributed by atoms with Gasteiger partial charge in [-0.15, -0.1) is 0 Å². The van der Waals surface area contributed by atoms with Gasteiger partial charge in [-0.2, -0.15) is 5.26 Å². The largest absolute Gasteiger partial charge is 0.385 e. The van der Waals surface area contributed by atoms with Gasteiger partial charge in [-0.05, 0) is 24.0 Å². The van der Waals surface area contributed by atoms with Crippen molar-refractivity contribution in [1.82, 2.24) is 0 Å². The zero-order valence-corrected chi connectivity index (χ0v) is 8.38. The fourth-order valence-electron chi connectivity index (χ4n) is 2.05. The van der Waals surface area contributed by atoms with Crippen molar-refractivity contribution in [2.24, 2.45) is 0 Å². The van der Waals surface area contributed by atoms with E-state index in [9.17, 15) is 0 Å². The Balaban J connectivity index is 2.50. The lowest BCUT2D eigenvalue weighted by Crippen LogP contribution is -2.17. The quantitative estimate of drug-likeness (QED) is 0.732. The number of hydrogen-bond acceptors (Lipinski definition) is 2. The summed E-state index contributed by atoms with van der Waals surface area (Å²) in [6.45, 7) is 3.07. The minimum Gasteiger partial charge on any atom is -0.385 e. The summed E-state index contributed by atoms with van der Waals surface area (Å²) in [5.74, 6) is 0.0812. The molecule has 2 heteroatoms. The van der Waals surface area contributed by atoms with Crippen LogP contribution in [-0.4, -0.2) is 6.54 Å². The van der Waals surface area contributed by atoms with E-state index >= 15 is 0 Å². The van der Waals surface area contributed by atoms with Crippen LogP contribution in [0.3, 0.4) is 0 Å². The molecule has 0 saturated heterocycles. The molecule has 0 aromatic heterocycles. The van der Waals surface area contributed by atoms with Crippen LogP contribution in [0.2, 0.25) is 0 Å². The first-order chi connectivity index (χ1) is 6.86. The fourth-order valence-corrected chi connectivity index (χ4v) is 2.05. The average Bonchev–Trinajstić information content (AvgIpc) is 2.27. The number of fused-ring (bicyclic) bond motifs is 1. The lowest BCUT2D eigenvalue weighted by Gasteiger charge is -2.24. The summed E-state index contributed by atoms with van der Waals surface area (Å²) in [4.78, 5) is 0. The van der Waals surface area contributed by atoms with Crippen LogP contribution >= 0.6 is 0 Å². The van der Waals surface area contributed by atoms with Gasteiger partial charge in [-0.3, -0.25) is 0 Å². The highest BCUT2D eigenvalue weighted by Gasteiger charge is 2.20. The van der Waals surface area contributed by atoms with Gasteiger partial charge in [0.25, 0.3) is 0 Å². The molecule has 1 atom stereocenters. The van der Waals surface area contributed by atoms with Crippen LogP contribution in [0.1, 0.15) is 30.4 Å². The van der Waals surface area contributed by atoms with Crippen molar-refractivity contribution in [1.29, 1.82) is 5.26 Å². The lowest BCUT2D eigenvalue weighted by atomic mass is 9.90. The third-order valence-corrected chi connectivity index (χ3v) is 2.83. The Morgan fingerprint density at radius 1 is 1.57 bits per heavy atom. The molecule has 1 N–H and O–H groups in total. The second-order valence-electron chi connectivity index (χ2n) is 3.63. The van der Waals surface area contributed by atoms with Crippen molar-refractivity contribution < 1.29 is 0 Å². The molecule has 72 valence electrons. The van der Waals surface area contributed by atoms with Crippen molar-refractivity contribution in [3.05, 3.63) is 29.3 Å². The van der Waals surface area contributed by atoms with Crippen molar-refractivity contribution in [2.45, 2.75) is 25.7 Å². The molecule has 0 radical (unpaired) electrons. The van der Waals surface area contributed by atoms with Gasteiger partial charge in [0.1, 0.15) is 0 Å². The maximum Gasteiger partial charge on any atom is 0.0749 e. The molecule has 2 nitrogen and oxygen atoms in total. The van der Waals surface area contributed by atoms with E-state index in [0.29, 0.717) is 0 Å². The topological polar surface area (TPSA) is 35.8 Å². The molecule has 0 spiro atoms. The summed E-state index contributed by atoms with van der Waals surface area (Å²) in [5, 5.41) is 12.4. The predicted molar refractivity (Wildman–Crippen MR) is 57.3 cm³/mol. The Morgan fingerprint density at radius 3 is 3.14 bits per heavy atom. The number of anilines is 1. The molecular formula is C12H14N2. The third-order valence-electron chi connectivity index (χ3n) is 2.83. The summed E-state index contributed by atoms with van der Waals surface area (Å²) in [6.07, 6.45) is 1.95. The van der Waals surface area contributed by atoms with Gasteiger partial charge in [-0.25, -0.2) is 0 Å².